The van der Waals surface area contributed by atoms with Crippen LogP contribution >= 0.6 is 0 Å². The molecule has 3 aromatic carbocycles. The van der Waals surface area contributed by atoms with Crippen molar-refractivity contribution in [3.8, 4) is 16.9 Å². The van der Waals surface area contributed by atoms with Gasteiger partial charge in [-0.1, -0.05) is 60.7 Å². The van der Waals surface area contributed by atoms with E-state index in [4.69, 9.17) is 4.74 Å². The largest absolute Gasteiger partial charge is 0.483 e. The highest BCUT2D eigenvalue weighted by atomic mass is 16.5. The van der Waals surface area contributed by atoms with Crippen LogP contribution in [-0.4, -0.2) is 28.2 Å². The van der Waals surface area contributed by atoms with E-state index in [-0.39, 0.29) is 6.61 Å². The first-order chi connectivity index (χ1) is 16.5. The first-order valence-electron chi connectivity index (χ1n) is 11.0. The third-order valence-corrected chi connectivity index (χ3v) is 5.41. The molecule has 2 amide bonds. The number of ether oxygens (including phenoxy) is 1. The summed E-state index contributed by atoms with van der Waals surface area (Å²) in [5.41, 5.74) is 10.0. The van der Waals surface area contributed by atoms with Gasteiger partial charge in [0.1, 0.15) is 5.75 Å². The Morgan fingerprint density at radius 2 is 1.62 bits per heavy atom. The van der Waals surface area contributed by atoms with Crippen LogP contribution in [0.25, 0.3) is 11.1 Å². The summed E-state index contributed by atoms with van der Waals surface area (Å²) in [6, 6.07) is 22.9. The molecule has 4 rings (SSSR count). The van der Waals surface area contributed by atoms with E-state index in [0.29, 0.717) is 17.9 Å². The summed E-state index contributed by atoms with van der Waals surface area (Å²) in [6.07, 6.45) is 3.66. The third-order valence-electron chi connectivity index (χ3n) is 5.41. The van der Waals surface area contributed by atoms with Gasteiger partial charge >= 0.3 is 0 Å². The Morgan fingerprint density at radius 1 is 0.882 bits per heavy atom. The average Bonchev–Trinajstić information content (AvgIpc) is 3.36. The number of aryl methyl sites for hydroxylation is 2. The van der Waals surface area contributed by atoms with Crippen molar-refractivity contribution in [2.24, 2.45) is 0 Å². The molecular formula is C27H26N4O3. The van der Waals surface area contributed by atoms with Crippen LogP contribution < -0.4 is 15.6 Å². The maximum atomic E-state index is 12.8. The average molecular weight is 455 g/mol. The number of amides is 2. The minimum atomic E-state index is -0.448. The maximum absolute atomic E-state index is 12.8. The third kappa shape index (κ3) is 5.50. The highest BCUT2D eigenvalue weighted by molar-refractivity contribution is 6.01. The van der Waals surface area contributed by atoms with Gasteiger partial charge in [-0.15, -0.1) is 0 Å². The fourth-order valence-electron chi connectivity index (χ4n) is 3.70. The van der Waals surface area contributed by atoms with Gasteiger partial charge in [-0.05, 0) is 53.8 Å². The quantitative estimate of drug-likeness (QED) is 0.413. The van der Waals surface area contributed by atoms with E-state index >= 15 is 0 Å². The van der Waals surface area contributed by atoms with Crippen LogP contribution in [0.1, 0.15) is 27.0 Å². The summed E-state index contributed by atoms with van der Waals surface area (Å²) in [5.74, 6) is -0.182. The molecule has 7 heteroatoms. The van der Waals surface area contributed by atoms with Crippen LogP contribution in [0.5, 0.6) is 5.75 Å². The van der Waals surface area contributed by atoms with Crippen molar-refractivity contribution < 1.29 is 14.3 Å². The molecule has 0 aliphatic heterocycles. The van der Waals surface area contributed by atoms with Gasteiger partial charge in [-0.25, -0.2) is 0 Å². The second kappa shape index (κ2) is 10.5. The summed E-state index contributed by atoms with van der Waals surface area (Å²) in [6.45, 7) is 4.31. The van der Waals surface area contributed by atoms with E-state index in [0.717, 1.165) is 27.8 Å². The molecule has 0 fully saturated rings. The number of nitrogens with one attached hydrogen (secondary N) is 2. The number of para-hydroxylation sites is 1. The number of carbonyl (C=O) groups is 2. The molecule has 0 saturated heterocycles. The molecule has 0 aliphatic rings. The zero-order valence-corrected chi connectivity index (χ0v) is 19.1. The highest BCUT2D eigenvalue weighted by Gasteiger charge is 2.14. The lowest BCUT2D eigenvalue weighted by atomic mass is 9.98. The number of nitrogens with zero attached hydrogens (tertiary/aromatic N) is 2. The summed E-state index contributed by atoms with van der Waals surface area (Å²) in [5, 5.41) is 4.22. The molecule has 0 spiro atoms. The molecule has 0 saturated carbocycles. The van der Waals surface area contributed by atoms with Gasteiger partial charge in [-0.2, -0.15) is 5.10 Å². The number of hydrazine groups is 1. The van der Waals surface area contributed by atoms with E-state index in [9.17, 15) is 9.59 Å². The Hall–Kier alpha value is -4.39. The lowest BCUT2D eigenvalue weighted by molar-refractivity contribution is -0.123. The Kier molecular flexibility index (Phi) is 7.03. The van der Waals surface area contributed by atoms with E-state index in [1.807, 2.05) is 85.4 Å². The lowest BCUT2D eigenvalue weighted by Gasteiger charge is -2.13. The monoisotopic (exact) mass is 454 g/mol. The zero-order valence-electron chi connectivity index (χ0n) is 19.1. The van der Waals surface area contributed by atoms with Crippen molar-refractivity contribution in [1.82, 2.24) is 20.6 Å². The SMILES string of the molecule is Cc1cccc(C)c1OCC(=O)NNC(=O)c1ccccc1-c1ccc(Cn2cccn2)cc1. The van der Waals surface area contributed by atoms with E-state index in [1.165, 1.54) is 0 Å². The van der Waals surface area contributed by atoms with Crippen molar-refractivity contribution >= 4 is 11.8 Å². The molecule has 0 unspecified atom stereocenters. The van der Waals surface area contributed by atoms with Crippen LogP contribution in [0.15, 0.2) is 85.2 Å². The molecule has 2 N–H and O–H groups in total. The Labute approximate surface area is 198 Å². The summed E-state index contributed by atoms with van der Waals surface area (Å²) in [7, 11) is 0. The van der Waals surface area contributed by atoms with Gasteiger partial charge in [0, 0.05) is 18.0 Å². The molecule has 1 aromatic heterocycles. The van der Waals surface area contributed by atoms with Crippen LogP contribution in [0.2, 0.25) is 0 Å². The predicted octanol–water partition coefficient (Wildman–Crippen LogP) is 4.06. The number of carbonyl (C=O) groups excluding carboxylic acids is 2. The molecular weight excluding hydrogens is 428 g/mol. The van der Waals surface area contributed by atoms with E-state index in [1.54, 1.807) is 18.3 Å². The Balaban J connectivity index is 1.38. The topological polar surface area (TPSA) is 85.3 Å². The summed E-state index contributed by atoms with van der Waals surface area (Å²) >= 11 is 0. The van der Waals surface area contributed by atoms with Crippen LogP contribution in [0.3, 0.4) is 0 Å². The van der Waals surface area contributed by atoms with Crippen LogP contribution in [0.4, 0.5) is 0 Å². The van der Waals surface area contributed by atoms with E-state index in [2.05, 4.69) is 16.0 Å². The van der Waals surface area contributed by atoms with Gasteiger partial charge in [0.15, 0.2) is 6.61 Å². The fraction of sp³-hybridized carbons (Fsp3) is 0.148. The normalized spacial score (nSPS) is 10.5. The maximum Gasteiger partial charge on any atom is 0.276 e. The van der Waals surface area contributed by atoms with Crippen LogP contribution in [0, 0.1) is 13.8 Å². The number of hydrogen-bond donors (Lipinski definition) is 2. The molecule has 0 aliphatic carbocycles. The summed E-state index contributed by atoms with van der Waals surface area (Å²) in [4.78, 5) is 25.1. The smallest absolute Gasteiger partial charge is 0.276 e. The van der Waals surface area contributed by atoms with Crippen molar-refractivity contribution in [3.63, 3.8) is 0 Å². The number of hydrogen-bond acceptors (Lipinski definition) is 4. The molecule has 1 heterocycles. The molecule has 172 valence electrons. The zero-order chi connectivity index (χ0) is 23.9. The van der Waals surface area contributed by atoms with Gasteiger partial charge in [-0.3, -0.25) is 25.1 Å². The molecule has 0 radical (unpaired) electrons. The van der Waals surface area contributed by atoms with Gasteiger partial charge in [0.05, 0.1) is 6.54 Å². The van der Waals surface area contributed by atoms with Gasteiger partial charge in [0.25, 0.3) is 11.8 Å². The highest BCUT2D eigenvalue weighted by Crippen LogP contribution is 2.24. The molecule has 0 bridgehead atoms. The molecule has 0 atom stereocenters. The fourth-order valence-corrected chi connectivity index (χ4v) is 3.70. The standard InChI is InChI=1S/C27H26N4O3/c1-19-7-5-8-20(2)26(19)34-18-25(32)29-30-27(33)24-10-4-3-9-23(24)22-13-11-21(12-14-22)17-31-16-6-15-28-31/h3-16H,17-18H2,1-2H3,(H,29,32)(H,30,33). The second-order valence-electron chi connectivity index (χ2n) is 7.96. The van der Waals surface area contributed by atoms with Crippen LogP contribution in [-0.2, 0) is 11.3 Å². The predicted molar refractivity (Wildman–Crippen MR) is 130 cm³/mol. The minimum Gasteiger partial charge on any atom is -0.483 e. The summed E-state index contributed by atoms with van der Waals surface area (Å²) < 4.78 is 7.49. The number of aromatic nitrogens is 2. The van der Waals surface area contributed by atoms with Crippen molar-refractivity contribution in [2.45, 2.75) is 20.4 Å². The van der Waals surface area contributed by atoms with Crippen molar-refractivity contribution in [3.05, 3.63) is 107 Å². The van der Waals surface area contributed by atoms with Gasteiger partial charge in [0.2, 0.25) is 0 Å². The minimum absolute atomic E-state index is 0.203. The number of rotatable bonds is 7. The first kappa shape index (κ1) is 22.8. The Morgan fingerprint density at radius 3 is 2.32 bits per heavy atom. The Bertz CT molecular complexity index is 1260. The first-order valence-corrected chi connectivity index (χ1v) is 11.0. The number of benzene rings is 3. The second-order valence-corrected chi connectivity index (χ2v) is 7.96. The molecule has 7 nitrogen and oxygen atoms in total. The van der Waals surface area contributed by atoms with Gasteiger partial charge < -0.3 is 4.74 Å². The molecule has 34 heavy (non-hydrogen) atoms. The van der Waals surface area contributed by atoms with Crippen molar-refractivity contribution in [1.29, 1.82) is 0 Å². The lowest BCUT2D eigenvalue weighted by Crippen LogP contribution is -2.44. The van der Waals surface area contributed by atoms with Crippen molar-refractivity contribution in [2.75, 3.05) is 6.61 Å². The van der Waals surface area contributed by atoms with E-state index < -0.39 is 11.8 Å². The molecule has 4 aromatic rings.